The fraction of sp³-hybridized carbons (Fsp3) is 1.00. The normalized spacial score (nSPS) is 15.6. The fourth-order valence-corrected chi connectivity index (χ4v) is 2.37. The molecule has 1 atom stereocenters. The Morgan fingerprint density at radius 2 is 1.80 bits per heavy atom. The van der Waals surface area contributed by atoms with E-state index < -0.39 is 0 Å². The molecule has 0 saturated carbocycles. The number of nitrogens with zero attached hydrogens (tertiary/aromatic N) is 1. The van der Waals surface area contributed by atoms with Gasteiger partial charge in [-0.2, -0.15) is 0 Å². The fourth-order valence-electron chi connectivity index (χ4n) is 2.37. The average molecular weight is 214 g/mol. The Bertz CT molecular complexity index is 147. The predicted octanol–water partition coefficient (Wildman–Crippen LogP) is 2.74. The van der Waals surface area contributed by atoms with Crippen molar-refractivity contribution >= 4 is 0 Å². The zero-order valence-electron chi connectivity index (χ0n) is 11.4. The van der Waals surface area contributed by atoms with Crippen LogP contribution in [0.2, 0.25) is 0 Å². The molecule has 0 aliphatic rings. The van der Waals surface area contributed by atoms with Gasteiger partial charge in [-0.15, -0.1) is 0 Å². The van der Waals surface area contributed by atoms with Crippen molar-refractivity contribution < 1.29 is 0 Å². The van der Waals surface area contributed by atoms with Gasteiger partial charge in [-0.1, -0.05) is 34.1 Å². The van der Waals surface area contributed by atoms with E-state index in [1.54, 1.807) is 0 Å². The second-order valence-electron chi connectivity index (χ2n) is 5.08. The van der Waals surface area contributed by atoms with Gasteiger partial charge in [0.15, 0.2) is 0 Å². The van der Waals surface area contributed by atoms with E-state index in [2.05, 4.69) is 45.0 Å². The van der Waals surface area contributed by atoms with Crippen LogP contribution in [0.4, 0.5) is 0 Å². The standard InChI is InChI=1S/C13H30N2/c1-6-9-13(4,11-14-8-3)12-15(5)10-7-2/h14H,6-12H2,1-5H3. The van der Waals surface area contributed by atoms with E-state index in [9.17, 15) is 0 Å². The topological polar surface area (TPSA) is 15.3 Å². The second kappa shape index (κ2) is 8.12. The van der Waals surface area contributed by atoms with Gasteiger partial charge in [0.25, 0.3) is 0 Å². The first-order valence-corrected chi connectivity index (χ1v) is 6.47. The summed E-state index contributed by atoms with van der Waals surface area (Å²) in [4.78, 5) is 2.47. The summed E-state index contributed by atoms with van der Waals surface area (Å²) >= 11 is 0. The lowest BCUT2D eigenvalue weighted by atomic mass is 9.85. The molecule has 0 bridgehead atoms. The lowest BCUT2D eigenvalue weighted by Gasteiger charge is -2.34. The van der Waals surface area contributed by atoms with Crippen LogP contribution in [-0.4, -0.2) is 38.1 Å². The predicted molar refractivity (Wildman–Crippen MR) is 69.3 cm³/mol. The molecule has 2 heteroatoms. The van der Waals surface area contributed by atoms with Crippen LogP contribution in [0.1, 0.15) is 47.0 Å². The van der Waals surface area contributed by atoms with Crippen LogP contribution in [0.25, 0.3) is 0 Å². The summed E-state index contributed by atoms with van der Waals surface area (Å²) in [5.74, 6) is 0. The van der Waals surface area contributed by atoms with Crippen molar-refractivity contribution in [1.82, 2.24) is 10.2 Å². The third-order valence-corrected chi connectivity index (χ3v) is 2.91. The highest BCUT2D eigenvalue weighted by molar-refractivity contribution is 4.79. The number of hydrogen-bond donors (Lipinski definition) is 1. The molecule has 0 aromatic rings. The van der Waals surface area contributed by atoms with E-state index in [0.717, 1.165) is 13.1 Å². The Morgan fingerprint density at radius 3 is 2.27 bits per heavy atom. The van der Waals surface area contributed by atoms with Gasteiger partial charge in [0.2, 0.25) is 0 Å². The molecule has 2 nitrogen and oxygen atoms in total. The van der Waals surface area contributed by atoms with Gasteiger partial charge in [0.05, 0.1) is 0 Å². The molecule has 0 saturated heterocycles. The Hall–Kier alpha value is -0.0800. The van der Waals surface area contributed by atoms with Gasteiger partial charge in [0.1, 0.15) is 0 Å². The van der Waals surface area contributed by atoms with Crippen molar-refractivity contribution in [2.24, 2.45) is 5.41 Å². The first-order valence-electron chi connectivity index (χ1n) is 6.47. The van der Waals surface area contributed by atoms with Crippen molar-refractivity contribution in [2.75, 3.05) is 33.2 Å². The molecule has 0 radical (unpaired) electrons. The third kappa shape index (κ3) is 6.91. The van der Waals surface area contributed by atoms with E-state index in [-0.39, 0.29) is 0 Å². The zero-order valence-corrected chi connectivity index (χ0v) is 11.4. The summed E-state index contributed by atoms with van der Waals surface area (Å²) < 4.78 is 0. The smallest absolute Gasteiger partial charge is 0.00444 e. The van der Waals surface area contributed by atoms with Crippen molar-refractivity contribution in [1.29, 1.82) is 0 Å². The highest BCUT2D eigenvalue weighted by Crippen LogP contribution is 2.23. The first-order chi connectivity index (χ1) is 7.08. The van der Waals surface area contributed by atoms with E-state index >= 15 is 0 Å². The van der Waals surface area contributed by atoms with Gasteiger partial charge in [-0.05, 0) is 38.4 Å². The Morgan fingerprint density at radius 1 is 1.13 bits per heavy atom. The summed E-state index contributed by atoms with van der Waals surface area (Å²) in [5.41, 5.74) is 0.439. The van der Waals surface area contributed by atoms with E-state index in [0.29, 0.717) is 5.41 Å². The molecule has 0 aliphatic carbocycles. The SMILES string of the molecule is CCCN(C)CC(C)(CCC)CNCC. The zero-order chi connectivity index (χ0) is 11.7. The summed E-state index contributed by atoms with van der Waals surface area (Å²) in [5, 5.41) is 3.49. The van der Waals surface area contributed by atoms with Crippen LogP contribution in [0.15, 0.2) is 0 Å². The Kier molecular flexibility index (Phi) is 8.07. The molecule has 0 aliphatic heterocycles. The largest absolute Gasteiger partial charge is 0.316 e. The quantitative estimate of drug-likeness (QED) is 0.635. The summed E-state index contributed by atoms with van der Waals surface area (Å²) in [6.07, 6.45) is 3.84. The number of nitrogens with one attached hydrogen (secondary N) is 1. The van der Waals surface area contributed by atoms with Crippen LogP contribution in [-0.2, 0) is 0 Å². The molecule has 15 heavy (non-hydrogen) atoms. The summed E-state index contributed by atoms with van der Waals surface area (Å²) in [7, 11) is 2.24. The molecular formula is C13H30N2. The maximum absolute atomic E-state index is 3.49. The highest BCUT2D eigenvalue weighted by atomic mass is 15.1. The Balaban J connectivity index is 4.09. The summed E-state index contributed by atoms with van der Waals surface area (Å²) in [6, 6.07) is 0. The molecule has 0 spiro atoms. The van der Waals surface area contributed by atoms with Crippen molar-refractivity contribution in [3.05, 3.63) is 0 Å². The third-order valence-electron chi connectivity index (χ3n) is 2.91. The lowest BCUT2D eigenvalue weighted by Crippen LogP contribution is -2.41. The van der Waals surface area contributed by atoms with E-state index in [1.165, 1.54) is 32.4 Å². The maximum atomic E-state index is 3.49. The molecular weight excluding hydrogens is 184 g/mol. The first kappa shape index (κ1) is 14.9. The van der Waals surface area contributed by atoms with E-state index in [1.807, 2.05) is 0 Å². The van der Waals surface area contributed by atoms with Crippen LogP contribution in [0, 0.1) is 5.41 Å². The minimum absolute atomic E-state index is 0.439. The van der Waals surface area contributed by atoms with Gasteiger partial charge >= 0.3 is 0 Å². The lowest BCUT2D eigenvalue weighted by molar-refractivity contribution is 0.174. The second-order valence-corrected chi connectivity index (χ2v) is 5.08. The molecule has 0 aromatic heterocycles. The monoisotopic (exact) mass is 214 g/mol. The van der Waals surface area contributed by atoms with Crippen molar-refractivity contribution in [3.8, 4) is 0 Å². The highest BCUT2D eigenvalue weighted by Gasteiger charge is 2.24. The van der Waals surface area contributed by atoms with Gasteiger partial charge in [-0.3, -0.25) is 0 Å². The molecule has 92 valence electrons. The van der Waals surface area contributed by atoms with Crippen LogP contribution < -0.4 is 5.32 Å². The average Bonchev–Trinajstić information content (AvgIpc) is 2.15. The molecule has 0 rings (SSSR count). The van der Waals surface area contributed by atoms with Gasteiger partial charge < -0.3 is 10.2 Å². The van der Waals surface area contributed by atoms with Crippen LogP contribution in [0.5, 0.6) is 0 Å². The Labute approximate surface area is 96.4 Å². The van der Waals surface area contributed by atoms with E-state index in [4.69, 9.17) is 0 Å². The maximum Gasteiger partial charge on any atom is 0.00444 e. The number of hydrogen-bond acceptors (Lipinski definition) is 2. The summed E-state index contributed by atoms with van der Waals surface area (Å²) in [6.45, 7) is 13.8. The van der Waals surface area contributed by atoms with Gasteiger partial charge in [0, 0.05) is 13.1 Å². The molecule has 1 N–H and O–H groups in total. The van der Waals surface area contributed by atoms with Gasteiger partial charge in [-0.25, -0.2) is 0 Å². The van der Waals surface area contributed by atoms with Crippen molar-refractivity contribution in [2.45, 2.75) is 47.0 Å². The van der Waals surface area contributed by atoms with Crippen LogP contribution >= 0.6 is 0 Å². The molecule has 0 amide bonds. The van der Waals surface area contributed by atoms with Crippen LogP contribution in [0.3, 0.4) is 0 Å². The number of rotatable bonds is 9. The molecule has 1 unspecified atom stereocenters. The van der Waals surface area contributed by atoms with Crippen molar-refractivity contribution in [3.63, 3.8) is 0 Å². The molecule has 0 fully saturated rings. The minimum atomic E-state index is 0.439. The minimum Gasteiger partial charge on any atom is -0.316 e. The molecule has 0 heterocycles. The molecule has 0 aromatic carbocycles.